The number of carboxylic acids is 1. The van der Waals surface area contributed by atoms with Gasteiger partial charge >= 0.3 is 0 Å². The van der Waals surface area contributed by atoms with Crippen LogP contribution in [0.1, 0.15) is 48.0 Å². The molecule has 0 aliphatic heterocycles. The Hall–Kier alpha value is -2.17. The molecule has 0 saturated heterocycles. The molecule has 0 atom stereocenters. The minimum Gasteiger partial charge on any atom is -0.545 e. The lowest BCUT2D eigenvalue weighted by Gasteiger charge is -2.19. The van der Waals surface area contributed by atoms with Gasteiger partial charge in [-0.3, -0.25) is 4.79 Å². The summed E-state index contributed by atoms with van der Waals surface area (Å²) in [5.74, 6) is -1.17. The van der Waals surface area contributed by atoms with Crippen molar-refractivity contribution < 1.29 is 14.7 Å². The van der Waals surface area contributed by atoms with Gasteiger partial charge in [-0.1, -0.05) is 43.5 Å². The van der Waals surface area contributed by atoms with E-state index in [-0.39, 0.29) is 17.4 Å². The van der Waals surface area contributed by atoms with E-state index >= 15 is 0 Å². The van der Waals surface area contributed by atoms with Crippen molar-refractivity contribution in [1.82, 2.24) is 5.43 Å². The first-order valence-corrected chi connectivity index (χ1v) is 6.81. The Bertz CT molecular complexity index is 502. The molecule has 0 bridgehead atoms. The van der Waals surface area contributed by atoms with E-state index in [1.807, 2.05) is 0 Å². The fourth-order valence-corrected chi connectivity index (χ4v) is 2.33. The van der Waals surface area contributed by atoms with Crippen molar-refractivity contribution in [3.63, 3.8) is 0 Å². The Morgan fingerprint density at radius 2 is 1.80 bits per heavy atom. The number of carbonyl (C=O) groups is 2. The highest BCUT2D eigenvalue weighted by Gasteiger charge is 2.20. The van der Waals surface area contributed by atoms with Crippen molar-refractivity contribution >= 4 is 18.1 Å². The first kappa shape index (κ1) is 14.2. The van der Waals surface area contributed by atoms with Gasteiger partial charge in [0.05, 0.1) is 12.2 Å². The molecule has 0 heterocycles. The summed E-state index contributed by atoms with van der Waals surface area (Å²) in [6, 6.07) is 6.11. The van der Waals surface area contributed by atoms with Crippen molar-refractivity contribution in [2.75, 3.05) is 0 Å². The standard InChI is InChI=1S/C15H18N2O3/c18-14(12-4-2-1-3-5-12)17-16-10-11-6-8-13(9-7-11)15(19)20/h6-10,12H,1-5H2,(H,17,18)(H,19,20)/p-1/b16-10-. The van der Waals surface area contributed by atoms with E-state index in [0.29, 0.717) is 0 Å². The summed E-state index contributed by atoms with van der Waals surface area (Å²) in [5, 5.41) is 14.5. The monoisotopic (exact) mass is 273 g/mol. The molecule has 20 heavy (non-hydrogen) atoms. The molecule has 0 spiro atoms. The third-order valence-corrected chi connectivity index (χ3v) is 3.51. The van der Waals surface area contributed by atoms with Gasteiger partial charge in [-0.05, 0) is 24.0 Å². The molecule has 2 rings (SSSR count). The molecule has 1 saturated carbocycles. The Morgan fingerprint density at radius 3 is 2.40 bits per heavy atom. The number of hydrogen-bond donors (Lipinski definition) is 1. The van der Waals surface area contributed by atoms with Crippen LogP contribution in [0.25, 0.3) is 0 Å². The van der Waals surface area contributed by atoms with E-state index in [4.69, 9.17) is 0 Å². The van der Waals surface area contributed by atoms with Crippen molar-refractivity contribution in [2.45, 2.75) is 32.1 Å². The van der Waals surface area contributed by atoms with Crippen LogP contribution in [-0.4, -0.2) is 18.1 Å². The molecular formula is C15H17N2O3-. The van der Waals surface area contributed by atoms with E-state index in [9.17, 15) is 14.7 Å². The number of hydrazone groups is 1. The van der Waals surface area contributed by atoms with E-state index in [0.717, 1.165) is 31.2 Å². The van der Waals surface area contributed by atoms with Gasteiger partial charge in [0.1, 0.15) is 0 Å². The molecule has 1 aliphatic carbocycles. The Balaban J connectivity index is 1.86. The number of aromatic carboxylic acids is 1. The van der Waals surface area contributed by atoms with Gasteiger partial charge in [0.15, 0.2) is 0 Å². The van der Waals surface area contributed by atoms with E-state index < -0.39 is 5.97 Å². The topological polar surface area (TPSA) is 81.6 Å². The molecule has 1 N–H and O–H groups in total. The summed E-state index contributed by atoms with van der Waals surface area (Å²) in [4.78, 5) is 22.4. The van der Waals surface area contributed by atoms with Crippen LogP contribution in [-0.2, 0) is 4.79 Å². The smallest absolute Gasteiger partial charge is 0.243 e. The van der Waals surface area contributed by atoms with Gasteiger partial charge < -0.3 is 9.90 Å². The molecule has 106 valence electrons. The molecule has 1 aliphatic rings. The Labute approximate surface area is 117 Å². The molecule has 1 aromatic carbocycles. The predicted octanol–water partition coefficient (Wildman–Crippen LogP) is 1.08. The minimum absolute atomic E-state index is 0.0349. The van der Waals surface area contributed by atoms with Gasteiger partial charge in [-0.25, -0.2) is 5.43 Å². The van der Waals surface area contributed by atoms with E-state index in [1.54, 1.807) is 12.1 Å². The van der Waals surface area contributed by atoms with Crippen LogP contribution in [0.3, 0.4) is 0 Å². The highest BCUT2D eigenvalue weighted by Crippen LogP contribution is 2.23. The molecule has 1 amide bonds. The molecule has 5 heteroatoms. The molecule has 5 nitrogen and oxygen atoms in total. The summed E-state index contributed by atoms with van der Waals surface area (Å²) in [7, 11) is 0. The summed E-state index contributed by atoms with van der Waals surface area (Å²) >= 11 is 0. The van der Waals surface area contributed by atoms with Crippen LogP contribution in [0.4, 0.5) is 0 Å². The minimum atomic E-state index is -1.21. The molecular weight excluding hydrogens is 256 g/mol. The van der Waals surface area contributed by atoms with Crippen molar-refractivity contribution in [3.8, 4) is 0 Å². The zero-order valence-corrected chi connectivity index (χ0v) is 11.2. The molecule has 1 fully saturated rings. The molecule has 0 radical (unpaired) electrons. The van der Waals surface area contributed by atoms with Crippen LogP contribution in [0, 0.1) is 5.92 Å². The number of nitrogens with zero attached hydrogens (tertiary/aromatic N) is 1. The van der Waals surface area contributed by atoms with Gasteiger partial charge in [0, 0.05) is 5.92 Å². The first-order valence-electron chi connectivity index (χ1n) is 6.81. The Morgan fingerprint density at radius 1 is 1.15 bits per heavy atom. The largest absolute Gasteiger partial charge is 0.545 e. The third-order valence-electron chi connectivity index (χ3n) is 3.51. The fourth-order valence-electron chi connectivity index (χ4n) is 2.33. The van der Waals surface area contributed by atoms with Crippen LogP contribution < -0.4 is 10.5 Å². The van der Waals surface area contributed by atoms with Crippen LogP contribution in [0.15, 0.2) is 29.4 Å². The van der Waals surface area contributed by atoms with Crippen molar-refractivity contribution in [2.24, 2.45) is 11.0 Å². The van der Waals surface area contributed by atoms with Crippen molar-refractivity contribution in [3.05, 3.63) is 35.4 Å². The summed E-state index contributed by atoms with van der Waals surface area (Å²) in [6.45, 7) is 0. The molecule has 0 aromatic heterocycles. The number of hydrogen-bond acceptors (Lipinski definition) is 4. The number of amides is 1. The second-order valence-corrected chi connectivity index (χ2v) is 4.98. The van der Waals surface area contributed by atoms with E-state index in [1.165, 1.54) is 24.8 Å². The highest BCUT2D eigenvalue weighted by atomic mass is 16.4. The van der Waals surface area contributed by atoms with Crippen LogP contribution >= 0.6 is 0 Å². The zero-order chi connectivity index (χ0) is 14.4. The lowest BCUT2D eigenvalue weighted by Crippen LogP contribution is -2.28. The fraction of sp³-hybridized carbons (Fsp3) is 0.400. The van der Waals surface area contributed by atoms with Crippen LogP contribution in [0.2, 0.25) is 0 Å². The lowest BCUT2D eigenvalue weighted by atomic mass is 9.89. The average molecular weight is 273 g/mol. The maximum absolute atomic E-state index is 11.8. The highest BCUT2D eigenvalue weighted by molar-refractivity contribution is 5.88. The lowest BCUT2D eigenvalue weighted by molar-refractivity contribution is -0.255. The second kappa shape index (κ2) is 6.84. The van der Waals surface area contributed by atoms with E-state index in [2.05, 4.69) is 10.5 Å². The zero-order valence-electron chi connectivity index (χ0n) is 11.2. The third kappa shape index (κ3) is 3.91. The second-order valence-electron chi connectivity index (χ2n) is 4.98. The summed E-state index contributed by atoms with van der Waals surface area (Å²) in [5.41, 5.74) is 3.38. The van der Waals surface area contributed by atoms with Gasteiger partial charge in [-0.2, -0.15) is 5.10 Å². The maximum atomic E-state index is 11.8. The van der Waals surface area contributed by atoms with Gasteiger partial charge in [0.25, 0.3) is 0 Å². The quantitative estimate of drug-likeness (QED) is 0.658. The maximum Gasteiger partial charge on any atom is 0.243 e. The average Bonchev–Trinajstić information content (AvgIpc) is 2.48. The summed E-state index contributed by atoms with van der Waals surface area (Å²) < 4.78 is 0. The number of rotatable bonds is 4. The van der Waals surface area contributed by atoms with Crippen LogP contribution in [0.5, 0.6) is 0 Å². The van der Waals surface area contributed by atoms with Gasteiger partial charge in [-0.15, -0.1) is 0 Å². The molecule has 0 unspecified atom stereocenters. The first-order chi connectivity index (χ1) is 9.66. The number of carboxylic acid groups (broad SMARTS) is 1. The number of benzene rings is 1. The van der Waals surface area contributed by atoms with Crippen molar-refractivity contribution in [1.29, 1.82) is 0 Å². The number of nitrogens with one attached hydrogen (secondary N) is 1. The Kier molecular flexibility index (Phi) is 4.87. The molecule has 1 aromatic rings. The normalized spacial score (nSPS) is 16.2. The SMILES string of the molecule is O=C([O-])c1ccc(/C=N\NC(=O)C2CCCCC2)cc1. The number of carbonyl (C=O) groups excluding carboxylic acids is 2. The van der Waals surface area contributed by atoms with Gasteiger partial charge in [0.2, 0.25) is 5.91 Å². The predicted molar refractivity (Wildman–Crippen MR) is 73.1 cm³/mol. The summed E-state index contributed by atoms with van der Waals surface area (Å²) in [6.07, 6.45) is 6.78.